The van der Waals surface area contributed by atoms with Gasteiger partial charge in [-0.1, -0.05) is 30.3 Å². The molecule has 0 aliphatic carbocycles. The van der Waals surface area contributed by atoms with E-state index in [1.54, 1.807) is 12.4 Å². The number of aromatic nitrogens is 2. The number of nitrogens with zero attached hydrogens (tertiary/aromatic N) is 2. The van der Waals surface area contributed by atoms with Gasteiger partial charge in [0.1, 0.15) is 0 Å². The van der Waals surface area contributed by atoms with Crippen LogP contribution in [0, 0.1) is 0 Å². The Balaban J connectivity index is 1.62. The fourth-order valence-corrected chi connectivity index (χ4v) is 2.44. The molecule has 0 amide bonds. The van der Waals surface area contributed by atoms with Gasteiger partial charge in [-0.05, 0) is 43.5 Å². The van der Waals surface area contributed by atoms with Crippen LogP contribution in [0.2, 0.25) is 0 Å². The second-order valence-corrected chi connectivity index (χ2v) is 5.33. The molecule has 0 saturated carbocycles. The lowest BCUT2D eigenvalue weighted by atomic mass is 10.1. The molecular formula is C18H19N3. The standard InChI is InChI=1S/C18H19N3/c1-14(7-8-15-5-3-2-4-6-15)21-16-9-10-17-18(13-16)20-12-11-19-17/h2-6,9-14,21H,7-8H2,1H3. The Labute approximate surface area is 125 Å². The maximum atomic E-state index is 4.34. The quantitative estimate of drug-likeness (QED) is 0.764. The van der Waals surface area contributed by atoms with Crippen LogP contribution in [0.4, 0.5) is 5.69 Å². The number of hydrogen-bond donors (Lipinski definition) is 1. The van der Waals surface area contributed by atoms with E-state index in [0.29, 0.717) is 6.04 Å². The summed E-state index contributed by atoms with van der Waals surface area (Å²) in [5.41, 5.74) is 4.34. The molecule has 3 rings (SSSR count). The normalized spacial score (nSPS) is 12.2. The van der Waals surface area contributed by atoms with Crippen molar-refractivity contribution in [3.05, 3.63) is 66.5 Å². The van der Waals surface area contributed by atoms with Gasteiger partial charge in [0, 0.05) is 24.1 Å². The van der Waals surface area contributed by atoms with Gasteiger partial charge in [0.2, 0.25) is 0 Å². The smallest absolute Gasteiger partial charge is 0.0907 e. The van der Waals surface area contributed by atoms with Crippen molar-refractivity contribution in [1.82, 2.24) is 9.97 Å². The van der Waals surface area contributed by atoms with E-state index < -0.39 is 0 Å². The molecule has 1 atom stereocenters. The first-order chi connectivity index (χ1) is 10.3. The van der Waals surface area contributed by atoms with Crippen molar-refractivity contribution >= 4 is 16.7 Å². The van der Waals surface area contributed by atoms with Crippen LogP contribution in [0.5, 0.6) is 0 Å². The molecule has 0 bridgehead atoms. The Hall–Kier alpha value is -2.42. The Morgan fingerprint density at radius 1 is 0.952 bits per heavy atom. The van der Waals surface area contributed by atoms with Gasteiger partial charge in [-0.25, -0.2) is 0 Å². The molecular weight excluding hydrogens is 258 g/mol. The highest BCUT2D eigenvalue weighted by atomic mass is 14.9. The molecule has 0 saturated heterocycles. The van der Waals surface area contributed by atoms with Gasteiger partial charge < -0.3 is 5.32 Å². The molecule has 3 nitrogen and oxygen atoms in total. The second-order valence-electron chi connectivity index (χ2n) is 5.33. The van der Waals surface area contributed by atoms with Gasteiger partial charge in [-0.15, -0.1) is 0 Å². The molecule has 1 N–H and O–H groups in total. The average Bonchev–Trinajstić information content (AvgIpc) is 2.54. The van der Waals surface area contributed by atoms with Crippen molar-refractivity contribution in [3.63, 3.8) is 0 Å². The molecule has 21 heavy (non-hydrogen) atoms. The van der Waals surface area contributed by atoms with E-state index in [-0.39, 0.29) is 0 Å². The van der Waals surface area contributed by atoms with Crippen LogP contribution in [0.3, 0.4) is 0 Å². The van der Waals surface area contributed by atoms with Gasteiger partial charge in [0.15, 0.2) is 0 Å². The van der Waals surface area contributed by atoms with Crippen molar-refractivity contribution in [1.29, 1.82) is 0 Å². The van der Waals surface area contributed by atoms with E-state index in [1.165, 1.54) is 5.56 Å². The number of hydrogen-bond acceptors (Lipinski definition) is 3. The molecule has 1 aromatic heterocycles. The van der Waals surface area contributed by atoms with Crippen molar-refractivity contribution in [2.24, 2.45) is 0 Å². The second kappa shape index (κ2) is 6.35. The highest BCUT2D eigenvalue weighted by Crippen LogP contribution is 2.17. The fraction of sp³-hybridized carbons (Fsp3) is 0.222. The first kappa shape index (κ1) is 13.6. The summed E-state index contributed by atoms with van der Waals surface area (Å²) < 4.78 is 0. The molecule has 0 spiro atoms. The minimum absolute atomic E-state index is 0.416. The van der Waals surface area contributed by atoms with Gasteiger partial charge in [0.25, 0.3) is 0 Å². The first-order valence-electron chi connectivity index (χ1n) is 7.32. The SMILES string of the molecule is CC(CCc1ccccc1)Nc1ccc2nccnc2c1. The Morgan fingerprint density at radius 3 is 2.52 bits per heavy atom. The third kappa shape index (κ3) is 3.57. The summed E-state index contributed by atoms with van der Waals surface area (Å²) in [5, 5.41) is 3.54. The molecule has 2 aromatic carbocycles. The predicted molar refractivity (Wildman–Crippen MR) is 87.4 cm³/mol. The summed E-state index contributed by atoms with van der Waals surface area (Å²) in [6.07, 6.45) is 5.63. The van der Waals surface area contributed by atoms with Crippen LogP contribution >= 0.6 is 0 Å². The summed E-state index contributed by atoms with van der Waals surface area (Å²) in [7, 11) is 0. The Bertz CT molecular complexity index is 710. The van der Waals surface area contributed by atoms with Crippen LogP contribution < -0.4 is 5.32 Å². The number of fused-ring (bicyclic) bond motifs is 1. The van der Waals surface area contributed by atoms with Crippen molar-refractivity contribution in [3.8, 4) is 0 Å². The minimum Gasteiger partial charge on any atom is -0.383 e. The van der Waals surface area contributed by atoms with E-state index in [2.05, 4.69) is 64.7 Å². The molecule has 1 unspecified atom stereocenters. The van der Waals surface area contributed by atoms with Crippen molar-refractivity contribution < 1.29 is 0 Å². The first-order valence-corrected chi connectivity index (χ1v) is 7.32. The zero-order valence-electron chi connectivity index (χ0n) is 12.2. The molecule has 0 aliphatic rings. The molecule has 3 heteroatoms. The Kier molecular flexibility index (Phi) is 4.10. The molecule has 0 fully saturated rings. The summed E-state index contributed by atoms with van der Waals surface area (Å²) in [6, 6.07) is 17.1. The highest BCUT2D eigenvalue weighted by Gasteiger charge is 2.04. The van der Waals surface area contributed by atoms with Crippen molar-refractivity contribution in [2.75, 3.05) is 5.32 Å². The van der Waals surface area contributed by atoms with Crippen LogP contribution in [0.1, 0.15) is 18.9 Å². The van der Waals surface area contributed by atoms with Crippen LogP contribution in [0.25, 0.3) is 11.0 Å². The summed E-state index contributed by atoms with van der Waals surface area (Å²) in [4.78, 5) is 8.63. The lowest BCUT2D eigenvalue weighted by Crippen LogP contribution is -2.15. The van der Waals surface area contributed by atoms with Crippen LogP contribution in [-0.4, -0.2) is 16.0 Å². The lowest BCUT2D eigenvalue weighted by molar-refractivity contribution is 0.706. The van der Waals surface area contributed by atoms with Gasteiger partial charge in [0.05, 0.1) is 11.0 Å². The highest BCUT2D eigenvalue weighted by molar-refractivity contribution is 5.78. The number of benzene rings is 2. The molecule has 106 valence electrons. The third-order valence-electron chi connectivity index (χ3n) is 3.59. The molecule has 0 aliphatic heterocycles. The fourth-order valence-electron chi connectivity index (χ4n) is 2.44. The lowest BCUT2D eigenvalue weighted by Gasteiger charge is -2.15. The van der Waals surface area contributed by atoms with Gasteiger partial charge in [-0.3, -0.25) is 9.97 Å². The maximum Gasteiger partial charge on any atom is 0.0907 e. The van der Waals surface area contributed by atoms with Gasteiger partial charge in [-0.2, -0.15) is 0 Å². The Morgan fingerprint density at radius 2 is 1.71 bits per heavy atom. The number of aryl methyl sites for hydroxylation is 1. The summed E-state index contributed by atoms with van der Waals surface area (Å²) >= 11 is 0. The summed E-state index contributed by atoms with van der Waals surface area (Å²) in [6.45, 7) is 2.21. The monoisotopic (exact) mass is 277 g/mol. The largest absolute Gasteiger partial charge is 0.383 e. The van der Waals surface area contributed by atoms with E-state index in [9.17, 15) is 0 Å². The van der Waals surface area contributed by atoms with Crippen LogP contribution in [0.15, 0.2) is 60.9 Å². The minimum atomic E-state index is 0.416. The average molecular weight is 277 g/mol. The zero-order chi connectivity index (χ0) is 14.5. The number of rotatable bonds is 5. The molecule has 1 heterocycles. The van der Waals surface area contributed by atoms with Crippen molar-refractivity contribution in [2.45, 2.75) is 25.8 Å². The van der Waals surface area contributed by atoms with E-state index in [4.69, 9.17) is 0 Å². The molecule has 3 aromatic rings. The zero-order valence-corrected chi connectivity index (χ0v) is 12.2. The van der Waals surface area contributed by atoms with Gasteiger partial charge >= 0.3 is 0 Å². The van der Waals surface area contributed by atoms with Crippen LogP contribution in [-0.2, 0) is 6.42 Å². The topological polar surface area (TPSA) is 37.8 Å². The number of nitrogens with one attached hydrogen (secondary N) is 1. The molecule has 0 radical (unpaired) electrons. The van der Waals surface area contributed by atoms with E-state index >= 15 is 0 Å². The predicted octanol–water partition coefficient (Wildman–Crippen LogP) is 4.06. The maximum absolute atomic E-state index is 4.34. The summed E-state index contributed by atoms with van der Waals surface area (Å²) in [5.74, 6) is 0. The third-order valence-corrected chi connectivity index (χ3v) is 3.59. The number of anilines is 1. The van der Waals surface area contributed by atoms with E-state index in [0.717, 1.165) is 29.6 Å². The van der Waals surface area contributed by atoms with E-state index in [1.807, 2.05) is 6.07 Å².